The Kier molecular flexibility index (Phi) is 30.0. The van der Waals surface area contributed by atoms with Gasteiger partial charge in [-0.1, -0.05) is 122 Å². The molecule has 0 amide bonds. The van der Waals surface area contributed by atoms with Gasteiger partial charge in [0, 0.05) is 50.0 Å². The van der Waals surface area contributed by atoms with E-state index in [9.17, 15) is 24.9 Å². The minimum absolute atomic E-state index is 0.0700. The molecule has 17 heteroatoms. The highest BCUT2D eigenvalue weighted by molar-refractivity contribution is 5.98. The molecular weight excluding hydrogens is 1210 g/mol. The number of nitriles is 2. The molecular formula is C79H96N4O13. The highest BCUT2D eigenvalue weighted by Gasteiger charge is 2.44. The van der Waals surface area contributed by atoms with Gasteiger partial charge in [0.25, 0.3) is 0 Å². The highest BCUT2D eigenvalue weighted by atomic mass is 16.6. The third-order valence-electron chi connectivity index (χ3n) is 16.9. The number of benzene rings is 6. The van der Waals surface area contributed by atoms with Crippen LogP contribution in [0.1, 0.15) is 115 Å². The van der Waals surface area contributed by atoms with Crippen LogP contribution in [0.4, 0.5) is 11.4 Å². The second kappa shape index (κ2) is 38.7. The van der Waals surface area contributed by atoms with E-state index in [1.165, 1.54) is 62.0 Å². The summed E-state index contributed by atoms with van der Waals surface area (Å²) in [5, 5.41) is 18.9. The van der Waals surface area contributed by atoms with Crippen LogP contribution in [0.15, 0.2) is 163 Å². The zero-order valence-corrected chi connectivity index (χ0v) is 57.5. The molecule has 6 aromatic rings. The summed E-state index contributed by atoms with van der Waals surface area (Å²) < 4.78 is 58.8. The molecule has 510 valence electrons. The van der Waals surface area contributed by atoms with E-state index < -0.39 is 17.4 Å². The molecule has 1 fully saturated rings. The van der Waals surface area contributed by atoms with E-state index in [2.05, 4.69) is 114 Å². The summed E-state index contributed by atoms with van der Waals surface area (Å²) >= 11 is 0. The maximum Gasteiger partial charge on any atom is 0.348 e. The van der Waals surface area contributed by atoms with Crippen LogP contribution in [-0.2, 0) is 57.7 Å². The Labute approximate surface area is 568 Å². The molecule has 0 spiro atoms. The molecule has 0 N–H and O–H groups in total. The summed E-state index contributed by atoms with van der Waals surface area (Å²) in [6.45, 7) is 20.3. The summed E-state index contributed by atoms with van der Waals surface area (Å²) in [6.07, 6.45) is 7.38. The van der Waals surface area contributed by atoms with Crippen molar-refractivity contribution >= 4 is 41.4 Å². The van der Waals surface area contributed by atoms with Gasteiger partial charge in [0.2, 0.25) is 0 Å². The van der Waals surface area contributed by atoms with Crippen LogP contribution < -0.4 is 19.3 Å². The topological polar surface area (TPSA) is 198 Å². The first-order chi connectivity index (χ1) is 46.5. The Hall–Kier alpha value is -8.81. The second-order valence-electron chi connectivity index (χ2n) is 24.5. The quantitative estimate of drug-likeness (QED) is 0.00885. The molecule has 0 heterocycles. The van der Waals surface area contributed by atoms with Crippen LogP contribution in [0, 0.1) is 28.6 Å². The van der Waals surface area contributed by atoms with E-state index in [4.69, 9.17) is 47.4 Å². The fourth-order valence-electron chi connectivity index (χ4n) is 12.1. The third kappa shape index (κ3) is 22.4. The zero-order valence-electron chi connectivity index (χ0n) is 57.5. The third-order valence-corrected chi connectivity index (χ3v) is 16.9. The number of ether oxygens (including phenoxy) is 10. The predicted molar refractivity (Wildman–Crippen MR) is 375 cm³/mol. The van der Waals surface area contributed by atoms with Crippen molar-refractivity contribution in [2.45, 2.75) is 130 Å². The number of hydrogen-bond acceptors (Lipinski definition) is 17. The Morgan fingerprint density at radius 2 is 0.906 bits per heavy atom. The first-order valence-electron chi connectivity index (χ1n) is 33.4. The number of anilines is 2. The standard InChI is InChI=1S/C79H96N4O13/c1-11-89-44-42-82(73-34-22-63(23-35-73)46-67(48-80)77(85)87-9)50-57(3)92-54-60(6)95-75-38-30-71(31-39-75)79(69-20-16-13-17-21-69,70-28-26-66(27-29-70)65-18-14-12-15-19-65)72-32-40-76(41-33-72)96-61(7)55-94-59(5)53-93-58(4)52-91-56(2)51-83(43-45-90-62(8)84)74-36-24-64(25-37-74)47-68(49-81)78(86)88-10/h12,14-15,18-19,22-41,46-47,56-61,69H,11,13,16-17,20-21,42-45,50-55H2,1-10H3. The molecule has 7 atom stereocenters. The highest BCUT2D eigenvalue weighted by Crippen LogP contribution is 2.51. The summed E-state index contributed by atoms with van der Waals surface area (Å²) in [7, 11) is 2.49. The molecule has 0 bridgehead atoms. The van der Waals surface area contributed by atoms with Crippen molar-refractivity contribution in [3.8, 4) is 34.8 Å². The lowest BCUT2D eigenvalue weighted by molar-refractivity contribution is -0.140. The van der Waals surface area contributed by atoms with Gasteiger partial charge in [-0.15, -0.1) is 0 Å². The minimum Gasteiger partial charge on any atom is -0.488 e. The second-order valence-corrected chi connectivity index (χ2v) is 24.5. The van der Waals surface area contributed by atoms with Crippen LogP contribution in [0.2, 0.25) is 0 Å². The van der Waals surface area contributed by atoms with Crippen molar-refractivity contribution in [2.75, 3.05) is 96.4 Å². The van der Waals surface area contributed by atoms with Gasteiger partial charge in [0.1, 0.15) is 53.6 Å². The molecule has 7 rings (SSSR count). The lowest BCUT2D eigenvalue weighted by atomic mass is 9.58. The number of rotatable bonds is 38. The van der Waals surface area contributed by atoms with E-state index >= 15 is 0 Å². The van der Waals surface area contributed by atoms with Crippen LogP contribution in [0.3, 0.4) is 0 Å². The first-order valence-corrected chi connectivity index (χ1v) is 33.4. The molecule has 17 nitrogen and oxygen atoms in total. The zero-order chi connectivity index (χ0) is 68.8. The summed E-state index contributed by atoms with van der Waals surface area (Å²) in [6, 6.07) is 55.9. The molecule has 0 aromatic heterocycles. The van der Waals surface area contributed by atoms with E-state index in [0.29, 0.717) is 82.9 Å². The fraction of sp³-hybridized carbons (Fsp3) is 0.430. The molecule has 96 heavy (non-hydrogen) atoms. The van der Waals surface area contributed by atoms with Crippen molar-refractivity contribution in [1.82, 2.24) is 0 Å². The van der Waals surface area contributed by atoms with E-state index in [-0.39, 0.29) is 60.3 Å². The fourth-order valence-corrected chi connectivity index (χ4v) is 12.1. The predicted octanol–water partition coefficient (Wildman–Crippen LogP) is 14.2. The van der Waals surface area contributed by atoms with Gasteiger partial charge in [0.15, 0.2) is 0 Å². The van der Waals surface area contributed by atoms with Crippen molar-refractivity contribution in [1.29, 1.82) is 10.5 Å². The summed E-state index contributed by atoms with van der Waals surface area (Å²) in [5.41, 5.74) is 8.48. The molecule has 0 radical (unpaired) electrons. The number of carbonyl (C=O) groups excluding carboxylic acids is 3. The van der Waals surface area contributed by atoms with Crippen molar-refractivity contribution in [3.63, 3.8) is 0 Å². The van der Waals surface area contributed by atoms with Gasteiger partial charge >= 0.3 is 17.9 Å². The number of methoxy groups -OCH3 is 2. The Morgan fingerprint density at radius 1 is 0.510 bits per heavy atom. The van der Waals surface area contributed by atoms with E-state index in [1.807, 2.05) is 96.1 Å². The molecule has 1 aliphatic rings. The first kappa shape index (κ1) is 74.6. The monoisotopic (exact) mass is 1310 g/mol. The smallest absolute Gasteiger partial charge is 0.348 e. The average molecular weight is 1310 g/mol. The molecule has 0 saturated heterocycles. The van der Waals surface area contributed by atoms with Crippen molar-refractivity contribution in [3.05, 3.63) is 191 Å². The van der Waals surface area contributed by atoms with Crippen molar-refractivity contribution < 1.29 is 61.8 Å². The lowest BCUT2D eigenvalue weighted by Crippen LogP contribution is -2.39. The largest absolute Gasteiger partial charge is 0.488 e. The van der Waals surface area contributed by atoms with Crippen LogP contribution in [0.5, 0.6) is 11.5 Å². The molecule has 6 aromatic carbocycles. The van der Waals surface area contributed by atoms with Crippen molar-refractivity contribution in [2.24, 2.45) is 5.92 Å². The SMILES string of the molecule is CCOCCN(CC(C)OCC(C)Oc1ccc(C(c2ccc(OC(C)COC(C)COC(C)COC(C)CN(CCOC(C)=O)c3ccc(C=C(C#N)C(=O)OC)cc3)cc2)(c2ccc(-c3ccccc3)cc2)C2CCCCC2)cc1)c1ccc(C=C(C#N)C(=O)OC)cc1. The van der Waals surface area contributed by atoms with Gasteiger partial charge < -0.3 is 57.2 Å². The maximum absolute atomic E-state index is 12.0. The van der Waals surface area contributed by atoms with Crippen LogP contribution in [-0.4, -0.2) is 141 Å². The molecule has 1 saturated carbocycles. The summed E-state index contributed by atoms with van der Waals surface area (Å²) in [5.74, 6) is 0.0831. The number of hydrogen-bond donors (Lipinski definition) is 0. The van der Waals surface area contributed by atoms with Gasteiger partial charge in [-0.25, -0.2) is 9.59 Å². The van der Waals surface area contributed by atoms with Gasteiger partial charge in [-0.2, -0.15) is 10.5 Å². The molecule has 7 unspecified atom stereocenters. The Morgan fingerprint density at radius 3 is 1.31 bits per heavy atom. The number of carbonyl (C=O) groups is 3. The van der Waals surface area contributed by atoms with Gasteiger partial charge in [-0.05, 0) is 167 Å². The lowest BCUT2D eigenvalue weighted by Gasteiger charge is -2.45. The van der Waals surface area contributed by atoms with E-state index in [1.54, 1.807) is 12.1 Å². The normalized spacial score (nSPS) is 15.2. The Balaban J connectivity index is 0.975. The maximum atomic E-state index is 12.0. The van der Waals surface area contributed by atoms with Gasteiger partial charge in [-0.3, -0.25) is 4.79 Å². The van der Waals surface area contributed by atoms with Crippen LogP contribution >= 0.6 is 0 Å². The number of esters is 3. The summed E-state index contributed by atoms with van der Waals surface area (Å²) in [4.78, 5) is 39.9. The van der Waals surface area contributed by atoms with E-state index in [0.717, 1.165) is 54.1 Å². The average Bonchev–Trinajstić information content (AvgIpc) is 0.735. The van der Waals surface area contributed by atoms with Crippen LogP contribution in [0.25, 0.3) is 23.3 Å². The number of nitrogens with zero attached hydrogens (tertiary/aromatic N) is 4. The Bertz CT molecular complexity index is 3490. The van der Waals surface area contributed by atoms with Gasteiger partial charge in [0.05, 0.1) is 78.2 Å². The molecule has 0 aliphatic heterocycles. The molecule has 1 aliphatic carbocycles. The minimum atomic E-state index is -0.706.